The Bertz CT molecular complexity index is 1020. The number of carbonyl (C=O) groups is 1. The van der Waals surface area contributed by atoms with E-state index in [0.717, 1.165) is 23.1 Å². The zero-order valence-corrected chi connectivity index (χ0v) is 15.0. The highest BCUT2D eigenvalue weighted by Crippen LogP contribution is 2.40. The predicted octanol–water partition coefficient (Wildman–Crippen LogP) is 3.81. The van der Waals surface area contributed by atoms with E-state index in [1.54, 1.807) is 15.6 Å². The van der Waals surface area contributed by atoms with Crippen LogP contribution < -0.4 is 5.32 Å². The predicted molar refractivity (Wildman–Crippen MR) is 100 cm³/mol. The normalized spacial score (nSPS) is 23.9. The molecule has 138 valence electrons. The summed E-state index contributed by atoms with van der Waals surface area (Å²) in [5.41, 5.74) is 3.52. The van der Waals surface area contributed by atoms with Gasteiger partial charge < -0.3 is 10.2 Å². The minimum atomic E-state index is -0.774. The number of nitrogens with zero attached hydrogens (tertiary/aromatic N) is 4. The second-order valence-electron chi connectivity index (χ2n) is 7.44. The summed E-state index contributed by atoms with van der Waals surface area (Å²) in [7, 11) is 0. The molecule has 2 aliphatic heterocycles. The minimum Gasteiger partial charge on any atom is -0.318 e. The Balaban J connectivity index is 1.39. The molecule has 3 aromatic rings. The number of benzene rings is 1. The smallest absolute Gasteiger partial charge is 0.318 e. The van der Waals surface area contributed by atoms with Crippen molar-refractivity contribution in [1.82, 2.24) is 19.5 Å². The molecule has 0 saturated carbocycles. The summed E-state index contributed by atoms with van der Waals surface area (Å²) in [5.74, 6) is 0.605. The van der Waals surface area contributed by atoms with Crippen LogP contribution >= 0.6 is 0 Å². The van der Waals surface area contributed by atoms with Gasteiger partial charge in [-0.25, -0.2) is 18.7 Å². The summed E-state index contributed by atoms with van der Waals surface area (Å²) in [6, 6.07) is 9.49. The van der Waals surface area contributed by atoms with Crippen LogP contribution in [0.4, 0.5) is 14.9 Å². The van der Waals surface area contributed by atoms with Crippen molar-refractivity contribution in [2.45, 2.75) is 44.4 Å². The molecule has 27 heavy (non-hydrogen) atoms. The Hall–Kier alpha value is -2.96. The number of aryl methyl sites for hydroxylation is 1. The van der Waals surface area contributed by atoms with Crippen LogP contribution in [-0.4, -0.2) is 43.8 Å². The number of fused-ring (bicyclic) bond motifs is 3. The second kappa shape index (κ2) is 6.04. The Kier molecular flexibility index (Phi) is 3.63. The summed E-state index contributed by atoms with van der Waals surface area (Å²) in [4.78, 5) is 18.9. The van der Waals surface area contributed by atoms with E-state index in [4.69, 9.17) is 0 Å². The van der Waals surface area contributed by atoms with Crippen LogP contribution in [0.5, 0.6) is 0 Å². The molecule has 2 fully saturated rings. The highest BCUT2D eigenvalue weighted by atomic mass is 19.1. The summed E-state index contributed by atoms with van der Waals surface area (Å²) >= 11 is 0. The number of urea groups is 1. The maximum absolute atomic E-state index is 13.5. The number of piperidine rings is 1. The lowest BCUT2D eigenvalue weighted by Gasteiger charge is -2.53. The number of halogens is 1. The number of hydrogen-bond donors (Lipinski definition) is 1. The fourth-order valence-corrected chi connectivity index (χ4v) is 4.23. The highest BCUT2D eigenvalue weighted by Gasteiger charge is 2.48. The Labute approximate surface area is 156 Å². The number of carbonyl (C=O) groups excluding carboxylic acids is 1. The number of aromatic nitrogens is 3. The molecule has 7 heteroatoms. The first-order chi connectivity index (χ1) is 13.1. The van der Waals surface area contributed by atoms with Gasteiger partial charge in [0.25, 0.3) is 0 Å². The van der Waals surface area contributed by atoms with Gasteiger partial charge in [-0.1, -0.05) is 6.07 Å². The highest BCUT2D eigenvalue weighted by molar-refractivity contribution is 5.91. The summed E-state index contributed by atoms with van der Waals surface area (Å²) in [6.07, 6.45) is 4.70. The molecule has 2 aliphatic rings. The van der Waals surface area contributed by atoms with E-state index in [9.17, 15) is 9.18 Å². The molecule has 0 radical (unpaired) electrons. The first-order valence-corrected chi connectivity index (χ1v) is 9.23. The van der Waals surface area contributed by atoms with Crippen molar-refractivity contribution in [3.63, 3.8) is 0 Å². The molecule has 2 saturated heterocycles. The van der Waals surface area contributed by atoms with Crippen LogP contribution in [0.3, 0.4) is 0 Å². The Morgan fingerprint density at radius 2 is 2.04 bits per heavy atom. The van der Waals surface area contributed by atoms with Gasteiger partial charge >= 0.3 is 6.03 Å². The second-order valence-corrected chi connectivity index (χ2v) is 7.44. The van der Waals surface area contributed by atoms with E-state index in [1.807, 2.05) is 43.5 Å². The van der Waals surface area contributed by atoms with Crippen LogP contribution in [0.1, 0.15) is 24.8 Å². The summed E-state index contributed by atoms with van der Waals surface area (Å²) in [6.45, 7) is 1.99. The van der Waals surface area contributed by atoms with Gasteiger partial charge in [-0.2, -0.15) is 0 Å². The first kappa shape index (κ1) is 16.2. The van der Waals surface area contributed by atoms with E-state index in [1.165, 1.54) is 0 Å². The Morgan fingerprint density at radius 1 is 1.22 bits per heavy atom. The average Bonchev–Trinajstić information content (AvgIpc) is 3.10. The topological polar surface area (TPSA) is 62.5 Å². The monoisotopic (exact) mass is 365 g/mol. The van der Waals surface area contributed by atoms with Crippen molar-refractivity contribution in [3.05, 3.63) is 48.3 Å². The molecule has 2 bridgehead atoms. The Morgan fingerprint density at radius 3 is 2.85 bits per heavy atom. The molecule has 2 aromatic heterocycles. The van der Waals surface area contributed by atoms with E-state index in [2.05, 4.69) is 15.4 Å². The molecular weight excluding hydrogens is 345 g/mol. The standard InChI is InChI=1S/C20H20FN5O/c1-12-4-5-14(23-20(27)26-16-7-13(21)8-17(26)10-16)9-18(12)19-22-11-15-3-2-6-25(15)24-19/h2-6,9,11,13,16-17H,7-8,10H2,1H3,(H,23,27). The van der Waals surface area contributed by atoms with Crippen LogP contribution in [0.2, 0.25) is 0 Å². The number of hydrogen-bond acceptors (Lipinski definition) is 3. The van der Waals surface area contributed by atoms with Crippen molar-refractivity contribution in [2.24, 2.45) is 0 Å². The SMILES string of the molecule is Cc1ccc(NC(=O)N2C3CC(F)CC2C3)cc1-c1ncc2cccn2n1. The first-order valence-electron chi connectivity index (χ1n) is 9.23. The number of nitrogens with one attached hydrogen (secondary N) is 1. The molecular formula is C20H20FN5O. The van der Waals surface area contributed by atoms with Gasteiger partial charge in [0.15, 0.2) is 5.82 Å². The lowest BCUT2D eigenvalue weighted by molar-refractivity contribution is -0.0202. The zero-order valence-electron chi connectivity index (χ0n) is 15.0. The molecule has 2 atom stereocenters. The molecule has 2 amide bonds. The zero-order chi connectivity index (χ0) is 18.5. The fraction of sp³-hybridized carbons (Fsp3) is 0.350. The third-order valence-corrected chi connectivity index (χ3v) is 5.63. The van der Waals surface area contributed by atoms with Gasteiger partial charge in [0.05, 0.1) is 11.7 Å². The third kappa shape index (κ3) is 2.74. The fourth-order valence-electron chi connectivity index (χ4n) is 4.23. The van der Waals surface area contributed by atoms with E-state index < -0.39 is 6.17 Å². The quantitative estimate of drug-likeness (QED) is 0.751. The van der Waals surface area contributed by atoms with E-state index in [0.29, 0.717) is 24.4 Å². The van der Waals surface area contributed by atoms with Crippen LogP contribution in [0, 0.1) is 6.92 Å². The molecule has 4 heterocycles. The molecule has 2 unspecified atom stereocenters. The van der Waals surface area contributed by atoms with Crippen molar-refractivity contribution in [3.8, 4) is 11.4 Å². The van der Waals surface area contributed by atoms with Gasteiger partial charge in [-0.05, 0) is 56.0 Å². The van der Waals surface area contributed by atoms with Crippen molar-refractivity contribution >= 4 is 17.2 Å². The maximum atomic E-state index is 13.5. The van der Waals surface area contributed by atoms with Crippen LogP contribution in [0.15, 0.2) is 42.7 Å². The molecule has 5 rings (SSSR count). The lowest BCUT2D eigenvalue weighted by atomic mass is 9.79. The van der Waals surface area contributed by atoms with Gasteiger partial charge in [-0.15, -0.1) is 5.10 Å². The van der Waals surface area contributed by atoms with Gasteiger partial charge in [-0.3, -0.25) is 0 Å². The van der Waals surface area contributed by atoms with Crippen molar-refractivity contribution in [1.29, 1.82) is 0 Å². The summed E-state index contributed by atoms with van der Waals surface area (Å²) < 4.78 is 15.3. The molecule has 0 aliphatic carbocycles. The lowest BCUT2D eigenvalue weighted by Crippen LogP contribution is -2.64. The summed E-state index contributed by atoms with van der Waals surface area (Å²) in [5, 5.41) is 7.50. The third-order valence-electron chi connectivity index (χ3n) is 5.63. The van der Waals surface area contributed by atoms with Crippen LogP contribution in [-0.2, 0) is 0 Å². The molecule has 0 spiro atoms. The number of alkyl halides is 1. The number of anilines is 1. The average molecular weight is 365 g/mol. The molecule has 6 nitrogen and oxygen atoms in total. The minimum absolute atomic E-state index is 0.0307. The van der Waals surface area contributed by atoms with Crippen LogP contribution in [0.25, 0.3) is 16.9 Å². The largest absolute Gasteiger partial charge is 0.322 e. The molecule has 1 aromatic carbocycles. The van der Waals surface area contributed by atoms with Gasteiger partial charge in [0.1, 0.15) is 6.17 Å². The van der Waals surface area contributed by atoms with Crippen molar-refractivity contribution in [2.75, 3.05) is 5.32 Å². The van der Waals surface area contributed by atoms with E-state index >= 15 is 0 Å². The van der Waals surface area contributed by atoms with Crippen molar-refractivity contribution < 1.29 is 9.18 Å². The van der Waals surface area contributed by atoms with E-state index in [-0.39, 0.29) is 18.1 Å². The van der Waals surface area contributed by atoms with Gasteiger partial charge in [0.2, 0.25) is 0 Å². The van der Waals surface area contributed by atoms with Gasteiger partial charge in [0, 0.05) is 29.5 Å². The molecule has 1 N–H and O–H groups in total. The number of rotatable bonds is 2. The maximum Gasteiger partial charge on any atom is 0.322 e. The number of amides is 2.